The molecule has 1 aromatic carbocycles. The fraction of sp³-hybridized carbons (Fsp3) is 0.652. The van der Waals surface area contributed by atoms with Crippen molar-refractivity contribution in [1.82, 2.24) is 10.2 Å². The Morgan fingerprint density at radius 1 is 1.07 bits per heavy atom. The van der Waals surface area contributed by atoms with Gasteiger partial charge in [0.25, 0.3) is 0 Å². The minimum absolute atomic E-state index is 0.0189. The van der Waals surface area contributed by atoms with Crippen molar-refractivity contribution in [2.75, 3.05) is 18.9 Å². The standard InChI is InChI=1S/C23H33N3O2/c1-15-4-6-20(7-5-15)24-21(27)14-26(3)16(2)22(28)25-23-11-17-8-18(12-23)10-19(9-17)13-23/h4-7,16-19H,8-14H2,1-3H3,(H,24,27)(H,25,28)/t16-,17?,18?,19?,23?/m1/s1. The number of anilines is 1. The van der Waals surface area contributed by atoms with Crippen LogP contribution >= 0.6 is 0 Å². The Morgan fingerprint density at radius 2 is 1.61 bits per heavy atom. The Bertz CT molecular complexity index is 707. The highest BCUT2D eigenvalue weighted by Gasteiger charge is 2.51. The molecule has 0 aromatic heterocycles. The lowest BCUT2D eigenvalue weighted by molar-refractivity contribution is -0.131. The molecule has 4 bridgehead atoms. The van der Waals surface area contributed by atoms with Gasteiger partial charge in [0.1, 0.15) is 0 Å². The van der Waals surface area contributed by atoms with Crippen LogP contribution in [-0.2, 0) is 9.59 Å². The van der Waals surface area contributed by atoms with Gasteiger partial charge in [-0.05, 0) is 89.3 Å². The predicted molar refractivity (Wildman–Crippen MR) is 111 cm³/mol. The highest BCUT2D eigenvalue weighted by molar-refractivity contribution is 5.92. The van der Waals surface area contributed by atoms with Gasteiger partial charge in [0, 0.05) is 11.2 Å². The SMILES string of the molecule is Cc1ccc(NC(=O)CN(C)[C@H](C)C(=O)NC23CC4CC(CC(C4)C2)C3)cc1. The fourth-order valence-corrected chi connectivity index (χ4v) is 6.03. The highest BCUT2D eigenvalue weighted by atomic mass is 16.2. The number of amides is 2. The fourth-order valence-electron chi connectivity index (χ4n) is 6.03. The van der Waals surface area contributed by atoms with Crippen molar-refractivity contribution in [3.8, 4) is 0 Å². The van der Waals surface area contributed by atoms with E-state index in [4.69, 9.17) is 0 Å². The maximum Gasteiger partial charge on any atom is 0.238 e. The first-order valence-electron chi connectivity index (χ1n) is 10.7. The minimum atomic E-state index is -0.322. The number of aryl methyl sites for hydroxylation is 1. The third-order valence-electron chi connectivity index (χ3n) is 7.20. The number of carbonyl (C=O) groups is 2. The lowest BCUT2D eigenvalue weighted by atomic mass is 9.53. The molecule has 0 spiro atoms. The van der Waals surface area contributed by atoms with Crippen LogP contribution in [0.5, 0.6) is 0 Å². The first-order valence-corrected chi connectivity index (χ1v) is 10.7. The Balaban J connectivity index is 1.31. The number of hydrogen-bond acceptors (Lipinski definition) is 3. The molecule has 0 saturated heterocycles. The van der Waals surface area contributed by atoms with E-state index < -0.39 is 0 Å². The smallest absolute Gasteiger partial charge is 0.238 e. The lowest BCUT2D eigenvalue weighted by Gasteiger charge is -2.57. The molecule has 0 radical (unpaired) electrons. The van der Waals surface area contributed by atoms with Crippen LogP contribution in [0.3, 0.4) is 0 Å². The average Bonchev–Trinajstić information content (AvgIpc) is 2.61. The van der Waals surface area contributed by atoms with Gasteiger partial charge >= 0.3 is 0 Å². The van der Waals surface area contributed by atoms with E-state index in [-0.39, 0.29) is 29.9 Å². The number of hydrogen-bond donors (Lipinski definition) is 2. The molecule has 152 valence electrons. The summed E-state index contributed by atoms with van der Waals surface area (Å²) >= 11 is 0. The van der Waals surface area contributed by atoms with Gasteiger partial charge in [0.2, 0.25) is 11.8 Å². The molecule has 2 N–H and O–H groups in total. The van der Waals surface area contributed by atoms with Crippen molar-refractivity contribution in [1.29, 1.82) is 0 Å². The molecule has 0 unspecified atom stereocenters. The van der Waals surface area contributed by atoms with E-state index in [1.807, 2.05) is 50.1 Å². The molecular weight excluding hydrogens is 350 g/mol. The molecule has 0 heterocycles. The third-order valence-corrected chi connectivity index (χ3v) is 7.20. The summed E-state index contributed by atoms with van der Waals surface area (Å²) in [4.78, 5) is 27.2. The van der Waals surface area contributed by atoms with Crippen LogP contribution in [-0.4, -0.2) is 41.9 Å². The molecule has 5 heteroatoms. The molecule has 4 aliphatic rings. The Kier molecular flexibility index (Phi) is 5.21. The monoisotopic (exact) mass is 383 g/mol. The Morgan fingerprint density at radius 3 is 2.14 bits per heavy atom. The Hall–Kier alpha value is -1.88. The summed E-state index contributed by atoms with van der Waals surface area (Å²) in [6.45, 7) is 4.11. The molecule has 4 saturated carbocycles. The number of benzene rings is 1. The number of likely N-dealkylation sites (N-methyl/N-ethyl adjacent to an activating group) is 1. The lowest BCUT2D eigenvalue weighted by Crippen LogP contribution is -2.62. The summed E-state index contributed by atoms with van der Waals surface area (Å²) in [6.07, 6.45) is 7.54. The second-order valence-corrected chi connectivity index (χ2v) is 9.69. The highest BCUT2D eigenvalue weighted by Crippen LogP contribution is 2.55. The normalized spacial score (nSPS) is 31.6. The third kappa shape index (κ3) is 4.09. The molecule has 2 amide bonds. The van der Waals surface area contributed by atoms with Crippen LogP contribution in [0.15, 0.2) is 24.3 Å². The van der Waals surface area contributed by atoms with Gasteiger partial charge in [-0.25, -0.2) is 0 Å². The van der Waals surface area contributed by atoms with Crippen molar-refractivity contribution in [2.24, 2.45) is 17.8 Å². The van der Waals surface area contributed by atoms with Crippen LogP contribution < -0.4 is 10.6 Å². The zero-order valence-electron chi connectivity index (χ0n) is 17.3. The molecule has 1 atom stereocenters. The van der Waals surface area contributed by atoms with Crippen molar-refractivity contribution < 1.29 is 9.59 Å². The molecule has 0 aliphatic heterocycles. The number of rotatable bonds is 6. The van der Waals surface area contributed by atoms with Gasteiger partial charge in [-0.15, -0.1) is 0 Å². The quantitative estimate of drug-likeness (QED) is 0.792. The van der Waals surface area contributed by atoms with E-state index >= 15 is 0 Å². The number of carbonyl (C=O) groups excluding carboxylic acids is 2. The molecule has 5 rings (SSSR count). The first kappa shape index (κ1) is 19.4. The van der Waals surface area contributed by atoms with Gasteiger partial charge in [0.05, 0.1) is 12.6 Å². The number of nitrogens with one attached hydrogen (secondary N) is 2. The number of nitrogens with zero attached hydrogens (tertiary/aromatic N) is 1. The second kappa shape index (κ2) is 7.51. The summed E-state index contributed by atoms with van der Waals surface area (Å²) in [5.74, 6) is 2.38. The summed E-state index contributed by atoms with van der Waals surface area (Å²) in [7, 11) is 1.85. The van der Waals surface area contributed by atoms with Gasteiger partial charge in [-0.3, -0.25) is 14.5 Å². The topological polar surface area (TPSA) is 61.4 Å². The van der Waals surface area contributed by atoms with Crippen molar-refractivity contribution in [3.63, 3.8) is 0 Å². The van der Waals surface area contributed by atoms with E-state index in [2.05, 4.69) is 10.6 Å². The molecule has 1 aromatic rings. The summed E-state index contributed by atoms with van der Waals surface area (Å²) in [6, 6.07) is 7.42. The van der Waals surface area contributed by atoms with Crippen LogP contribution in [0, 0.1) is 24.7 Å². The van der Waals surface area contributed by atoms with Gasteiger partial charge in [-0.2, -0.15) is 0 Å². The van der Waals surface area contributed by atoms with E-state index in [0.717, 1.165) is 48.3 Å². The Labute approximate surface area is 168 Å². The van der Waals surface area contributed by atoms with E-state index in [1.165, 1.54) is 19.3 Å². The maximum atomic E-state index is 13.0. The second-order valence-electron chi connectivity index (χ2n) is 9.69. The van der Waals surface area contributed by atoms with Crippen LogP contribution in [0.2, 0.25) is 0 Å². The average molecular weight is 384 g/mol. The zero-order valence-corrected chi connectivity index (χ0v) is 17.3. The molecule has 4 aliphatic carbocycles. The summed E-state index contributed by atoms with van der Waals surface area (Å²) in [5.41, 5.74) is 1.96. The van der Waals surface area contributed by atoms with E-state index in [0.29, 0.717) is 0 Å². The van der Waals surface area contributed by atoms with E-state index in [9.17, 15) is 9.59 Å². The largest absolute Gasteiger partial charge is 0.349 e. The molecule has 28 heavy (non-hydrogen) atoms. The van der Waals surface area contributed by atoms with Crippen molar-refractivity contribution in [3.05, 3.63) is 29.8 Å². The maximum absolute atomic E-state index is 13.0. The van der Waals surface area contributed by atoms with Crippen LogP contribution in [0.25, 0.3) is 0 Å². The summed E-state index contributed by atoms with van der Waals surface area (Å²) < 4.78 is 0. The minimum Gasteiger partial charge on any atom is -0.349 e. The summed E-state index contributed by atoms with van der Waals surface area (Å²) in [5, 5.41) is 6.33. The predicted octanol–water partition coefficient (Wildman–Crippen LogP) is 3.34. The van der Waals surface area contributed by atoms with Crippen molar-refractivity contribution >= 4 is 17.5 Å². The molecule has 4 fully saturated rings. The molecular formula is C23H33N3O2. The zero-order chi connectivity index (χ0) is 19.9. The van der Waals surface area contributed by atoms with Crippen LogP contribution in [0.1, 0.15) is 51.0 Å². The van der Waals surface area contributed by atoms with Crippen molar-refractivity contribution in [2.45, 2.75) is 64.0 Å². The van der Waals surface area contributed by atoms with Gasteiger partial charge < -0.3 is 10.6 Å². The van der Waals surface area contributed by atoms with E-state index in [1.54, 1.807) is 0 Å². The molecule has 5 nitrogen and oxygen atoms in total. The van der Waals surface area contributed by atoms with Gasteiger partial charge in [-0.1, -0.05) is 17.7 Å². The van der Waals surface area contributed by atoms with Gasteiger partial charge in [0.15, 0.2) is 0 Å². The van der Waals surface area contributed by atoms with Crippen LogP contribution in [0.4, 0.5) is 5.69 Å². The first-order chi connectivity index (χ1) is 13.3.